The number of nitrogens with zero attached hydrogens (tertiary/aromatic N) is 1. The average Bonchev–Trinajstić information content (AvgIpc) is 2.86. The van der Waals surface area contributed by atoms with Gasteiger partial charge < -0.3 is 20.1 Å². The molecule has 3 aromatic carbocycles. The number of benzene rings is 3. The summed E-state index contributed by atoms with van der Waals surface area (Å²) in [5.74, 6) is 0.0371. The molecule has 2 N–H and O–H groups in total. The molecular weight excluding hydrogens is 418 g/mol. The van der Waals surface area contributed by atoms with Crippen molar-refractivity contribution in [2.45, 2.75) is 6.54 Å². The number of carbonyl (C=O) groups is 2. The fourth-order valence-corrected chi connectivity index (χ4v) is 2.99. The lowest BCUT2D eigenvalue weighted by Gasteiger charge is -2.12. The van der Waals surface area contributed by atoms with Crippen LogP contribution in [0.5, 0.6) is 11.5 Å². The Morgan fingerprint density at radius 1 is 0.939 bits per heavy atom. The van der Waals surface area contributed by atoms with E-state index in [4.69, 9.17) is 9.47 Å². The Balaban J connectivity index is 1.66. The Hall–Kier alpha value is -4.57. The second-order valence-corrected chi connectivity index (χ2v) is 6.91. The van der Waals surface area contributed by atoms with Crippen molar-refractivity contribution in [1.29, 1.82) is 5.26 Å². The molecule has 0 atom stereocenters. The molecule has 2 amide bonds. The van der Waals surface area contributed by atoms with E-state index in [9.17, 15) is 14.9 Å². The molecule has 0 heterocycles. The molecule has 0 aliphatic carbocycles. The first-order valence-electron chi connectivity index (χ1n) is 10.2. The van der Waals surface area contributed by atoms with E-state index in [1.54, 1.807) is 48.5 Å². The van der Waals surface area contributed by atoms with Gasteiger partial charge >= 0.3 is 0 Å². The van der Waals surface area contributed by atoms with Gasteiger partial charge in [-0.25, -0.2) is 0 Å². The number of ether oxygens (including phenoxy) is 2. The standard InChI is InChI=1S/C26H23N3O4/c1-32-24-14-8-6-12-22(24)29-25(30)18-33-23-13-7-5-11-20(23)15-21(16-27)26(31)28-17-19-9-3-2-4-10-19/h2-15H,17-18H2,1H3,(H,28,31)(H,29,30)/b21-15+. The van der Waals surface area contributed by atoms with E-state index < -0.39 is 5.91 Å². The van der Waals surface area contributed by atoms with Gasteiger partial charge in [0.15, 0.2) is 6.61 Å². The number of amides is 2. The molecule has 0 aliphatic rings. The molecule has 0 aromatic heterocycles. The van der Waals surface area contributed by atoms with E-state index in [0.29, 0.717) is 29.3 Å². The summed E-state index contributed by atoms with van der Waals surface area (Å²) in [4.78, 5) is 24.8. The summed E-state index contributed by atoms with van der Waals surface area (Å²) in [6, 6.07) is 25.2. The van der Waals surface area contributed by atoms with Crippen LogP contribution in [0.25, 0.3) is 6.08 Å². The van der Waals surface area contributed by atoms with Gasteiger partial charge in [0.25, 0.3) is 11.8 Å². The van der Waals surface area contributed by atoms with Crippen molar-refractivity contribution in [2.75, 3.05) is 19.0 Å². The Morgan fingerprint density at radius 2 is 1.61 bits per heavy atom. The van der Waals surface area contributed by atoms with Crippen molar-refractivity contribution < 1.29 is 19.1 Å². The predicted molar refractivity (Wildman–Crippen MR) is 125 cm³/mol. The number of hydrogen-bond acceptors (Lipinski definition) is 5. The fraction of sp³-hybridized carbons (Fsp3) is 0.115. The molecule has 0 unspecified atom stereocenters. The molecule has 0 saturated carbocycles. The number of methoxy groups -OCH3 is 1. The molecule has 0 radical (unpaired) electrons. The summed E-state index contributed by atoms with van der Waals surface area (Å²) < 4.78 is 10.9. The highest BCUT2D eigenvalue weighted by Gasteiger charge is 2.12. The predicted octanol–water partition coefficient (Wildman–Crippen LogP) is 3.94. The fourth-order valence-electron chi connectivity index (χ4n) is 2.99. The number of anilines is 1. The summed E-state index contributed by atoms with van der Waals surface area (Å²) in [5, 5.41) is 14.9. The highest BCUT2D eigenvalue weighted by atomic mass is 16.5. The third-order valence-electron chi connectivity index (χ3n) is 4.62. The lowest BCUT2D eigenvalue weighted by Crippen LogP contribution is -2.24. The van der Waals surface area contributed by atoms with Gasteiger partial charge in [-0.1, -0.05) is 60.7 Å². The first-order valence-corrected chi connectivity index (χ1v) is 10.2. The molecule has 7 heteroatoms. The maximum atomic E-state index is 12.5. The van der Waals surface area contributed by atoms with Crippen LogP contribution in [0.2, 0.25) is 0 Å². The van der Waals surface area contributed by atoms with E-state index in [-0.39, 0.29) is 18.1 Å². The minimum Gasteiger partial charge on any atom is -0.495 e. The van der Waals surface area contributed by atoms with Crippen LogP contribution in [0.4, 0.5) is 5.69 Å². The van der Waals surface area contributed by atoms with Crippen molar-refractivity contribution in [1.82, 2.24) is 5.32 Å². The second-order valence-electron chi connectivity index (χ2n) is 6.91. The van der Waals surface area contributed by atoms with Crippen LogP contribution in [0, 0.1) is 11.3 Å². The van der Waals surface area contributed by atoms with Crippen LogP contribution in [0.1, 0.15) is 11.1 Å². The van der Waals surface area contributed by atoms with Gasteiger partial charge in [0, 0.05) is 12.1 Å². The van der Waals surface area contributed by atoms with E-state index in [1.165, 1.54) is 13.2 Å². The number of hydrogen-bond donors (Lipinski definition) is 2. The van der Waals surface area contributed by atoms with Crippen molar-refractivity contribution in [3.63, 3.8) is 0 Å². The number of rotatable bonds is 9. The number of carbonyl (C=O) groups excluding carboxylic acids is 2. The normalized spacial score (nSPS) is 10.6. The molecule has 0 spiro atoms. The summed E-state index contributed by atoms with van der Waals surface area (Å²) >= 11 is 0. The maximum absolute atomic E-state index is 12.5. The van der Waals surface area contributed by atoms with Gasteiger partial charge in [-0.05, 0) is 29.8 Å². The highest BCUT2D eigenvalue weighted by Crippen LogP contribution is 2.24. The zero-order valence-electron chi connectivity index (χ0n) is 18.1. The van der Waals surface area contributed by atoms with Crippen molar-refractivity contribution in [2.24, 2.45) is 0 Å². The first-order chi connectivity index (χ1) is 16.1. The van der Waals surface area contributed by atoms with Crippen LogP contribution in [-0.2, 0) is 16.1 Å². The van der Waals surface area contributed by atoms with Gasteiger partial charge in [0.1, 0.15) is 23.1 Å². The third kappa shape index (κ3) is 6.71. The molecule has 0 fully saturated rings. The molecule has 3 rings (SSSR count). The van der Waals surface area contributed by atoms with E-state index in [0.717, 1.165) is 5.56 Å². The summed E-state index contributed by atoms with van der Waals surface area (Å²) in [6.45, 7) is 0.0466. The van der Waals surface area contributed by atoms with E-state index in [1.807, 2.05) is 36.4 Å². The zero-order valence-corrected chi connectivity index (χ0v) is 18.1. The summed E-state index contributed by atoms with van der Waals surface area (Å²) in [7, 11) is 1.52. The smallest absolute Gasteiger partial charge is 0.262 e. The Labute approximate surface area is 192 Å². The average molecular weight is 441 g/mol. The minimum atomic E-state index is -0.495. The number of nitriles is 1. The third-order valence-corrected chi connectivity index (χ3v) is 4.62. The molecule has 7 nitrogen and oxygen atoms in total. The molecule has 33 heavy (non-hydrogen) atoms. The monoisotopic (exact) mass is 441 g/mol. The minimum absolute atomic E-state index is 0.0690. The first kappa shape index (κ1) is 23.1. The molecular formula is C26H23N3O4. The van der Waals surface area contributed by atoms with Crippen LogP contribution in [0.15, 0.2) is 84.4 Å². The van der Waals surface area contributed by atoms with Crippen LogP contribution in [0.3, 0.4) is 0 Å². The van der Waals surface area contributed by atoms with Crippen LogP contribution >= 0.6 is 0 Å². The van der Waals surface area contributed by atoms with Gasteiger partial charge in [-0.3, -0.25) is 9.59 Å². The lowest BCUT2D eigenvalue weighted by molar-refractivity contribution is -0.118. The molecule has 0 bridgehead atoms. The quantitative estimate of drug-likeness (QED) is 0.387. The van der Waals surface area contributed by atoms with Gasteiger partial charge in [0.2, 0.25) is 0 Å². The van der Waals surface area contributed by atoms with Crippen LogP contribution in [-0.4, -0.2) is 25.5 Å². The van der Waals surface area contributed by atoms with E-state index in [2.05, 4.69) is 10.6 Å². The summed E-state index contributed by atoms with van der Waals surface area (Å²) in [5.41, 5.74) is 1.89. The second kappa shape index (κ2) is 11.7. The maximum Gasteiger partial charge on any atom is 0.262 e. The molecule has 3 aromatic rings. The van der Waals surface area contributed by atoms with Crippen LogP contribution < -0.4 is 20.1 Å². The number of para-hydroxylation sites is 3. The van der Waals surface area contributed by atoms with Crippen molar-refractivity contribution in [3.8, 4) is 17.6 Å². The van der Waals surface area contributed by atoms with Gasteiger partial charge in [-0.15, -0.1) is 0 Å². The Bertz CT molecular complexity index is 1180. The SMILES string of the molecule is COc1ccccc1NC(=O)COc1ccccc1/C=C(\C#N)C(=O)NCc1ccccc1. The Kier molecular flexibility index (Phi) is 8.21. The van der Waals surface area contributed by atoms with Crippen molar-refractivity contribution in [3.05, 3.63) is 95.6 Å². The van der Waals surface area contributed by atoms with Gasteiger partial charge in [-0.2, -0.15) is 5.26 Å². The molecule has 0 saturated heterocycles. The molecule has 0 aliphatic heterocycles. The van der Waals surface area contributed by atoms with Gasteiger partial charge in [0.05, 0.1) is 12.8 Å². The highest BCUT2D eigenvalue weighted by molar-refractivity contribution is 6.02. The topological polar surface area (TPSA) is 100 Å². The van der Waals surface area contributed by atoms with Crippen molar-refractivity contribution >= 4 is 23.6 Å². The number of nitrogens with one attached hydrogen (secondary N) is 2. The largest absolute Gasteiger partial charge is 0.495 e. The van der Waals surface area contributed by atoms with E-state index >= 15 is 0 Å². The zero-order chi connectivity index (χ0) is 23.5. The molecule has 166 valence electrons. The summed E-state index contributed by atoms with van der Waals surface area (Å²) in [6.07, 6.45) is 1.44. The Morgan fingerprint density at radius 3 is 2.33 bits per heavy atom. The lowest BCUT2D eigenvalue weighted by atomic mass is 10.1.